The highest BCUT2D eigenvalue weighted by atomic mass is 79.9. The van der Waals surface area contributed by atoms with Gasteiger partial charge < -0.3 is 20.5 Å². The summed E-state index contributed by atoms with van der Waals surface area (Å²) in [5.74, 6) is -0.784. The molecule has 9 nitrogen and oxygen atoms in total. The monoisotopic (exact) mass is 660 g/mol. The lowest BCUT2D eigenvalue weighted by Crippen LogP contribution is -2.57. The number of aliphatic hydroxyl groups excluding tert-OH is 1. The molecule has 2 rings (SSSR count). The van der Waals surface area contributed by atoms with E-state index < -0.39 is 17.6 Å². The van der Waals surface area contributed by atoms with Crippen LogP contribution in [-0.4, -0.2) is 60.4 Å². The second-order valence-electron chi connectivity index (χ2n) is 13.1. The number of aliphatic hydroxyl groups is 1. The van der Waals surface area contributed by atoms with Gasteiger partial charge in [0.15, 0.2) is 0 Å². The summed E-state index contributed by atoms with van der Waals surface area (Å²) in [5, 5.41) is 17.5. The van der Waals surface area contributed by atoms with E-state index in [0.717, 1.165) is 15.6 Å². The number of nitrogens with one attached hydrogen (secondary N) is 3. The van der Waals surface area contributed by atoms with Crippen molar-refractivity contribution in [3.05, 3.63) is 70.2 Å². The van der Waals surface area contributed by atoms with E-state index in [1.165, 1.54) is 7.11 Å². The molecule has 0 unspecified atom stereocenters. The molecule has 43 heavy (non-hydrogen) atoms. The Bertz CT molecular complexity index is 1160. The van der Waals surface area contributed by atoms with Gasteiger partial charge in [-0.1, -0.05) is 99.9 Å². The van der Waals surface area contributed by atoms with Crippen molar-refractivity contribution in [3.63, 3.8) is 0 Å². The predicted octanol–water partition coefficient (Wildman–Crippen LogP) is 5.22. The van der Waals surface area contributed by atoms with Gasteiger partial charge in [0, 0.05) is 23.5 Å². The highest BCUT2D eigenvalue weighted by Gasteiger charge is 2.34. The van der Waals surface area contributed by atoms with Crippen LogP contribution in [0.5, 0.6) is 0 Å². The Hall–Kier alpha value is -2.95. The summed E-state index contributed by atoms with van der Waals surface area (Å²) >= 11 is 3.47. The number of carbonyl (C=O) groups excluding carboxylic acids is 3. The Morgan fingerprint density at radius 2 is 1.51 bits per heavy atom. The fraction of sp³-hybridized carbons (Fsp3) is 0.545. The van der Waals surface area contributed by atoms with Crippen LogP contribution in [0.3, 0.4) is 0 Å². The number of amides is 3. The molecule has 0 aliphatic carbocycles. The Morgan fingerprint density at radius 3 is 2.05 bits per heavy atom. The third kappa shape index (κ3) is 12.7. The van der Waals surface area contributed by atoms with Crippen LogP contribution >= 0.6 is 15.9 Å². The van der Waals surface area contributed by atoms with E-state index in [0.29, 0.717) is 32.4 Å². The Kier molecular flexibility index (Phi) is 14.1. The molecule has 0 fully saturated rings. The van der Waals surface area contributed by atoms with Crippen molar-refractivity contribution in [2.75, 3.05) is 20.3 Å². The fourth-order valence-corrected chi connectivity index (χ4v) is 4.90. The molecule has 0 aliphatic heterocycles. The average molecular weight is 662 g/mol. The van der Waals surface area contributed by atoms with Crippen LogP contribution in [0.1, 0.15) is 65.5 Å². The Morgan fingerprint density at radius 1 is 0.884 bits per heavy atom. The van der Waals surface area contributed by atoms with Gasteiger partial charge in [0.2, 0.25) is 5.91 Å². The topological polar surface area (TPSA) is 120 Å². The van der Waals surface area contributed by atoms with E-state index in [9.17, 15) is 19.5 Å². The van der Waals surface area contributed by atoms with Gasteiger partial charge >= 0.3 is 6.09 Å². The van der Waals surface area contributed by atoms with Crippen LogP contribution in [0.15, 0.2) is 59.1 Å². The van der Waals surface area contributed by atoms with Crippen molar-refractivity contribution in [2.45, 2.75) is 79.4 Å². The maximum atomic E-state index is 13.5. The number of hydrazine groups is 1. The molecular formula is C33H49BrN4O5. The SMILES string of the molecule is COC(=O)N[C@H](C(=O)NN(CCC[C@@H](Cc1ccccc1)C(=O)N[C@H](CO)C(C)(C)C)Cc1ccc(Br)cc1)C(C)(C)C. The molecule has 4 N–H and O–H groups in total. The standard InChI is InChI=1S/C33H49BrN4O5/c1-32(2,3)27(22-39)35-29(40)25(20-23-12-9-8-10-13-23)14-11-19-38(21-24-15-17-26(34)18-16-24)37-30(41)28(33(4,5)6)36-31(42)43-7/h8-10,12-13,15-18,25,27-28,39H,11,14,19-22H2,1-7H3,(H,35,40)(H,36,42)(H,37,41)/t25-,27+,28+/m0/s1. The molecule has 238 valence electrons. The van der Waals surface area contributed by atoms with Gasteiger partial charge in [0.25, 0.3) is 5.91 Å². The maximum Gasteiger partial charge on any atom is 0.407 e. The molecule has 0 radical (unpaired) electrons. The van der Waals surface area contributed by atoms with Gasteiger partial charge in [-0.3, -0.25) is 15.0 Å². The summed E-state index contributed by atoms with van der Waals surface area (Å²) < 4.78 is 5.71. The summed E-state index contributed by atoms with van der Waals surface area (Å²) in [6.07, 6.45) is 1.06. The molecule has 3 atom stereocenters. The minimum absolute atomic E-state index is 0.101. The highest BCUT2D eigenvalue weighted by Crippen LogP contribution is 2.23. The maximum absolute atomic E-state index is 13.5. The zero-order chi connectivity index (χ0) is 32.2. The van der Waals surface area contributed by atoms with E-state index in [1.807, 2.05) is 101 Å². The van der Waals surface area contributed by atoms with Crippen molar-refractivity contribution in [3.8, 4) is 0 Å². The number of hydrogen-bond acceptors (Lipinski definition) is 6. The number of halogens is 1. The summed E-state index contributed by atoms with van der Waals surface area (Å²) in [4.78, 5) is 39.0. The molecule has 0 spiro atoms. The van der Waals surface area contributed by atoms with Crippen molar-refractivity contribution < 1.29 is 24.2 Å². The van der Waals surface area contributed by atoms with Gasteiger partial charge in [0.05, 0.1) is 19.8 Å². The van der Waals surface area contributed by atoms with E-state index >= 15 is 0 Å². The van der Waals surface area contributed by atoms with E-state index in [4.69, 9.17) is 4.74 Å². The first-order chi connectivity index (χ1) is 20.1. The highest BCUT2D eigenvalue weighted by molar-refractivity contribution is 9.10. The first kappa shape index (κ1) is 36.2. The molecule has 0 bridgehead atoms. The normalized spacial score (nSPS) is 14.0. The van der Waals surface area contributed by atoms with E-state index in [1.54, 1.807) is 0 Å². The Labute approximate surface area is 265 Å². The number of benzene rings is 2. The van der Waals surface area contributed by atoms with Crippen molar-refractivity contribution >= 4 is 33.8 Å². The third-order valence-corrected chi connectivity index (χ3v) is 7.88. The largest absolute Gasteiger partial charge is 0.453 e. The van der Waals surface area contributed by atoms with Crippen LogP contribution in [0, 0.1) is 16.7 Å². The van der Waals surface area contributed by atoms with Crippen molar-refractivity contribution in [2.24, 2.45) is 16.7 Å². The van der Waals surface area contributed by atoms with E-state index in [2.05, 4.69) is 32.0 Å². The number of nitrogens with zero attached hydrogens (tertiary/aromatic N) is 1. The van der Waals surface area contributed by atoms with Crippen LogP contribution in [0.4, 0.5) is 4.79 Å². The van der Waals surface area contributed by atoms with Gasteiger partial charge in [-0.25, -0.2) is 9.80 Å². The first-order valence-corrected chi connectivity index (χ1v) is 15.5. The number of methoxy groups -OCH3 is 1. The minimum Gasteiger partial charge on any atom is -0.453 e. The number of hydrogen-bond donors (Lipinski definition) is 4. The molecule has 0 heterocycles. The number of ether oxygens (including phenoxy) is 1. The molecule has 2 aromatic rings. The molecule has 3 amide bonds. The van der Waals surface area contributed by atoms with Gasteiger partial charge in [0.1, 0.15) is 6.04 Å². The van der Waals surface area contributed by atoms with Crippen molar-refractivity contribution in [1.29, 1.82) is 0 Å². The quantitative estimate of drug-likeness (QED) is 0.206. The molecule has 10 heteroatoms. The second kappa shape index (κ2) is 16.8. The van der Waals surface area contributed by atoms with Crippen LogP contribution in [-0.2, 0) is 27.3 Å². The Balaban J connectivity index is 2.24. The molecule has 0 aliphatic rings. The molecule has 0 aromatic heterocycles. The van der Waals surface area contributed by atoms with Gasteiger partial charge in [-0.2, -0.15) is 0 Å². The predicted molar refractivity (Wildman–Crippen MR) is 173 cm³/mol. The smallest absolute Gasteiger partial charge is 0.407 e. The second-order valence-corrected chi connectivity index (χ2v) is 14.0. The zero-order valence-corrected chi connectivity index (χ0v) is 28.2. The average Bonchev–Trinajstić information content (AvgIpc) is 2.94. The molecular weight excluding hydrogens is 612 g/mol. The lowest BCUT2D eigenvalue weighted by Gasteiger charge is -2.33. The minimum atomic E-state index is -0.836. The lowest BCUT2D eigenvalue weighted by molar-refractivity contribution is -0.131. The first-order valence-electron chi connectivity index (χ1n) is 14.7. The van der Waals surface area contributed by atoms with Crippen molar-refractivity contribution in [1.82, 2.24) is 21.1 Å². The third-order valence-electron chi connectivity index (χ3n) is 7.35. The van der Waals surface area contributed by atoms with Gasteiger partial charge in [-0.05, 0) is 53.4 Å². The summed E-state index contributed by atoms with van der Waals surface area (Å²) in [7, 11) is 1.26. The number of rotatable bonds is 14. The summed E-state index contributed by atoms with van der Waals surface area (Å²) in [5.41, 5.74) is 4.19. The number of carbonyl (C=O) groups is 3. The summed E-state index contributed by atoms with van der Waals surface area (Å²) in [6, 6.07) is 16.5. The van der Waals surface area contributed by atoms with Crippen LogP contribution < -0.4 is 16.1 Å². The fourth-order valence-electron chi connectivity index (χ4n) is 4.64. The number of alkyl carbamates (subject to hydrolysis) is 1. The van der Waals surface area contributed by atoms with E-state index in [-0.39, 0.29) is 35.8 Å². The lowest BCUT2D eigenvalue weighted by atomic mass is 9.86. The molecule has 0 saturated carbocycles. The van der Waals surface area contributed by atoms with Gasteiger partial charge in [-0.15, -0.1) is 0 Å². The van der Waals surface area contributed by atoms with Crippen LogP contribution in [0.25, 0.3) is 0 Å². The molecule has 2 aromatic carbocycles. The van der Waals surface area contributed by atoms with Crippen LogP contribution in [0.2, 0.25) is 0 Å². The zero-order valence-electron chi connectivity index (χ0n) is 26.6. The summed E-state index contributed by atoms with van der Waals surface area (Å²) in [6.45, 7) is 12.3. The molecule has 0 saturated heterocycles.